The van der Waals surface area contributed by atoms with Crippen LogP contribution in [0.1, 0.15) is 16.1 Å². The second-order valence-corrected chi connectivity index (χ2v) is 7.15. The maximum absolute atomic E-state index is 13.2. The van der Waals surface area contributed by atoms with Gasteiger partial charge in [0.25, 0.3) is 5.91 Å². The number of carbonyl (C=O) groups excluding carboxylic acids is 1. The molecule has 2 atom stereocenters. The fourth-order valence-corrected chi connectivity index (χ4v) is 3.91. The van der Waals surface area contributed by atoms with E-state index >= 15 is 0 Å². The Morgan fingerprint density at radius 3 is 2.92 bits per heavy atom. The minimum atomic E-state index is -0.848. The molecule has 0 saturated carbocycles. The lowest BCUT2D eigenvalue weighted by molar-refractivity contribution is -0.138. The van der Waals surface area contributed by atoms with Crippen LogP contribution in [0.3, 0.4) is 0 Å². The fourth-order valence-electron chi connectivity index (χ4n) is 3.91. The van der Waals surface area contributed by atoms with Crippen molar-refractivity contribution in [1.82, 2.24) is 19.2 Å². The Labute approximate surface area is 151 Å². The van der Waals surface area contributed by atoms with E-state index < -0.39 is 5.97 Å². The smallest absolute Gasteiger partial charge is 0.317 e. The number of carboxylic acids is 1. The third-order valence-corrected chi connectivity index (χ3v) is 5.06. The molecular formula is C18H22N4O4. The number of hydrogen-bond donors (Lipinski definition) is 1. The molecule has 8 heteroatoms. The van der Waals surface area contributed by atoms with Crippen LogP contribution in [-0.2, 0) is 9.53 Å². The maximum Gasteiger partial charge on any atom is 0.317 e. The summed E-state index contributed by atoms with van der Waals surface area (Å²) in [6, 6.07) is 3.72. The number of fused-ring (bicyclic) bond motifs is 4. The van der Waals surface area contributed by atoms with Gasteiger partial charge in [-0.1, -0.05) is 6.07 Å². The summed E-state index contributed by atoms with van der Waals surface area (Å²) >= 11 is 0. The van der Waals surface area contributed by atoms with Crippen molar-refractivity contribution in [2.24, 2.45) is 5.92 Å². The van der Waals surface area contributed by atoms with Crippen molar-refractivity contribution in [2.75, 3.05) is 39.4 Å². The molecule has 1 amide bonds. The number of nitrogens with zero attached hydrogens (tertiary/aromatic N) is 4. The molecule has 0 aromatic carbocycles. The number of pyridine rings is 1. The number of carboxylic acid groups (broad SMARTS) is 1. The van der Waals surface area contributed by atoms with Crippen LogP contribution in [-0.4, -0.2) is 81.6 Å². The van der Waals surface area contributed by atoms with Crippen LogP contribution in [0.4, 0.5) is 0 Å². The molecule has 2 aromatic heterocycles. The topological polar surface area (TPSA) is 87.4 Å². The Balaban J connectivity index is 1.62. The molecule has 1 N–H and O–H groups in total. The van der Waals surface area contributed by atoms with Crippen molar-refractivity contribution in [2.45, 2.75) is 13.0 Å². The lowest BCUT2D eigenvalue weighted by Crippen LogP contribution is -2.47. The fraction of sp³-hybridized carbons (Fsp3) is 0.500. The quantitative estimate of drug-likeness (QED) is 0.860. The molecule has 2 saturated heterocycles. The summed E-state index contributed by atoms with van der Waals surface area (Å²) < 4.78 is 7.58. The van der Waals surface area contributed by atoms with Crippen molar-refractivity contribution in [3.05, 3.63) is 35.8 Å². The molecule has 2 aliphatic heterocycles. The SMILES string of the molecule is Cc1cccn2cc(C(=O)N3C[C@H]4COC[C@@H]3CN(CC(=O)O)C4)nc12. The number of aryl methyl sites for hydroxylation is 1. The van der Waals surface area contributed by atoms with E-state index in [9.17, 15) is 9.59 Å². The van der Waals surface area contributed by atoms with Crippen LogP contribution in [0.5, 0.6) is 0 Å². The van der Waals surface area contributed by atoms with Crippen LogP contribution in [0.25, 0.3) is 5.65 Å². The van der Waals surface area contributed by atoms with Crippen molar-refractivity contribution < 1.29 is 19.4 Å². The van der Waals surface area contributed by atoms with Crippen LogP contribution in [0, 0.1) is 12.8 Å². The maximum atomic E-state index is 13.2. The predicted octanol–water partition coefficient (Wildman–Crippen LogP) is 0.500. The molecule has 4 rings (SSSR count). The van der Waals surface area contributed by atoms with Gasteiger partial charge in [-0.05, 0) is 18.6 Å². The lowest BCUT2D eigenvalue weighted by Gasteiger charge is -2.30. The minimum Gasteiger partial charge on any atom is -0.480 e. The lowest BCUT2D eigenvalue weighted by atomic mass is 10.1. The first-order valence-corrected chi connectivity index (χ1v) is 8.78. The molecule has 0 spiro atoms. The van der Waals surface area contributed by atoms with Gasteiger partial charge in [-0.2, -0.15) is 0 Å². The number of carbonyl (C=O) groups is 2. The number of aromatic nitrogens is 2. The number of aliphatic carboxylic acids is 1. The van der Waals surface area contributed by atoms with Crippen LogP contribution < -0.4 is 0 Å². The highest BCUT2D eigenvalue weighted by Crippen LogP contribution is 2.22. The minimum absolute atomic E-state index is 0.0113. The first-order valence-electron chi connectivity index (χ1n) is 8.78. The molecule has 2 fully saturated rings. The van der Waals surface area contributed by atoms with Crippen molar-refractivity contribution in [3.8, 4) is 0 Å². The number of ether oxygens (including phenoxy) is 1. The summed E-state index contributed by atoms with van der Waals surface area (Å²) in [4.78, 5) is 32.5. The summed E-state index contributed by atoms with van der Waals surface area (Å²) in [6.45, 7) is 4.60. The summed E-state index contributed by atoms with van der Waals surface area (Å²) in [6.07, 6.45) is 3.64. The first kappa shape index (κ1) is 17.0. The molecule has 138 valence electrons. The Hall–Kier alpha value is -2.45. The molecule has 0 radical (unpaired) electrons. The monoisotopic (exact) mass is 358 g/mol. The van der Waals surface area contributed by atoms with E-state index in [1.807, 2.05) is 39.5 Å². The second kappa shape index (κ2) is 6.69. The van der Waals surface area contributed by atoms with E-state index in [4.69, 9.17) is 9.84 Å². The zero-order valence-electron chi connectivity index (χ0n) is 14.7. The van der Waals surface area contributed by atoms with Gasteiger partial charge in [-0.3, -0.25) is 14.5 Å². The van der Waals surface area contributed by atoms with Gasteiger partial charge < -0.3 is 19.1 Å². The van der Waals surface area contributed by atoms with Crippen LogP contribution in [0.2, 0.25) is 0 Å². The average molecular weight is 358 g/mol. The summed E-state index contributed by atoms with van der Waals surface area (Å²) in [7, 11) is 0. The molecule has 0 aliphatic carbocycles. The van der Waals surface area contributed by atoms with Gasteiger partial charge >= 0.3 is 5.97 Å². The molecular weight excluding hydrogens is 336 g/mol. The largest absolute Gasteiger partial charge is 0.480 e. The van der Waals surface area contributed by atoms with Gasteiger partial charge in [0.1, 0.15) is 11.3 Å². The van der Waals surface area contributed by atoms with Crippen molar-refractivity contribution >= 4 is 17.5 Å². The van der Waals surface area contributed by atoms with Crippen LogP contribution >= 0.6 is 0 Å². The zero-order chi connectivity index (χ0) is 18.3. The Kier molecular flexibility index (Phi) is 4.37. The number of amides is 1. The number of rotatable bonds is 3. The third kappa shape index (κ3) is 3.17. The number of imidazole rings is 1. The summed E-state index contributed by atoms with van der Waals surface area (Å²) in [5.41, 5.74) is 2.20. The molecule has 4 heterocycles. The highest BCUT2D eigenvalue weighted by Gasteiger charge is 2.37. The van der Waals surface area contributed by atoms with Gasteiger partial charge in [0, 0.05) is 37.9 Å². The molecule has 2 bridgehead atoms. The molecule has 8 nitrogen and oxygen atoms in total. The standard InChI is InChI=1S/C18H22N4O4/c1-12-3-2-4-21-8-15(19-17(12)21)18(25)22-6-13-5-20(9-16(23)24)7-14(22)11-26-10-13/h2-4,8,13-14H,5-7,9-11H2,1H3,(H,23,24)/t13-,14-/m0/s1. The normalized spacial score (nSPS) is 23.8. The van der Waals surface area contributed by atoms with Gasteiger partial charge in [0.05, 0.1) is 25.8 Å². The van der Waals surface area contributed by atoms with Gasteiger partial charge in [0.15, 0.2) is 0 Å². The van der Waals surface area contributed by atoms with Crippen molar-refractivity contribution in [3.63, 3.8) is 0 Å². The highest BCUT2D eigenvalue weighted by atomic mass is 16.5. The molecule has 2 aromatic rings. The van der Waals surface area contributed by atoms with Gasteiger partial charge in [-0.15, -0.1) is 0 Å². The van der Waals surface area contributed by atoms with E-state index in [0.717, 1.165) is 11.2 Å². The Bertz CT molecular complexity index is 849. The Morgan fingerprint density at radius 2 is 2.15 bits per heavy atom. The molecule has 0 unspecified atom stereocenters. The van der Waals surface area contributed by atoms with Crippen molar-refractivity contribution in [1.29, 1.82) is 0 Å². The highest BCUT2D eigenvalue weighted by molar-refractivity contribution is 5.93. The molecule has 2 aliphatic rings. The third-order valence-electron chi connectivity index (χ3n) is 5.06. The summed E-state index contributed by atoms with van der Waals surface area (Å²) in [5.74, 6) is -0.866. The van der Waals surface area contributed by atoms with Gasteiger partial charge in [0.2, 0.25) is 0 Å². The van der Waals surface area contributed by atoms with E-state index in [-0.39, 0.29) is 24.4 Å². The number of hydrogen-bond acceptors (Lipinski definition) is 5. The molecule has 26 heavy (non-hydrogen) atoms. The Morgan fingerprint density at radius 1 is 1.31 bits per heavy atom. The average Bonchev–Trinajstić information content (AvgIpc) is 2.82. The van der Waals surface area contributed by atoms with Gasteiger partial charge in [-0.25, -0.2) is 4.98 Å². The van der Waals surface area contributed by atoms with E-state index in [1.165, 1.54) is 0 Å². The second-order valence-electron chi connectivity index (χ2n) is 7.15. The van der Waals surface area contributed by atoms with Crippen LogP contribution in [0.15, 0.2) is 24.5 Å². The van der Waals surface area contributed by atoms with E-state index in [0.29, 0.717) is 38.5 Å². The van der Waals surface area contributed by atoms with E-state index in [2.05, 4.69) is 4.98 Å². The first-order chi connectivity index (χ1) is 12.5. The summed E-state index contributed by atoms with van der Waals surface area (Å²) in [5, 5.41) is 9.11. The van der Waals surface area contributed by atoms with E-state index in [1.54, 1.807) is 6.20 Å². The zero-order valence-corrected chi connectivity index (χ0v) is 14.7. The predicted molar refractivity (Wildman–Crippen MR) is 93.1 cm³/mol.